The average Bonchev–Trinajstić information content (AvgIpc) is 2.29. The number of likely N-dealkylation sites (tertiary alicyclic amines) is 1. The molecule has 2 heterocycles. The fourth-order valence-electron chi connectivity index (χ4n) is 2.62. The van der Waals surface area contributed by atoms with Crippen LogP contribution in [0.25, 0.3) is 0 Å². The molecule has 0 aliphatic carbocycles. The number of nitrogens with one attached hydrogen (secondary N) is 1. The van der Waals surface area contributed by atoms with E-state index in [0.717, 1.165) is 51.7 Å². The topological polar surface area (TPSA) is 41.6 Å². The van der Waals surface area contributed by atoms with Crippen molar-refractivity contribution in [3.05, 3.63) is 0 Å². The fourth-order valence-corrected chi connectivity index (χ4v) is 2.62. The highest BCUT2D eigenvalue weighted by Gasteiger charge is 2.48. The lowest BCUT2D eigenvalue weighted by Gasteiger charge is -2.54. The molecule has 0 atom stereocenters. The molecular formula is C12H22N2O2. The van der Waals surface area contributed by atoms with Crippen LogP contribution in [0.4, 0.5) is 4.79 Å². The summed E-state index contributed by atoms with van der Waals surface area (Å²) in [5.74, 6) is 0. The van der Waals surface area contributed by atoms with Crippen LogP contribution in [0.2, 0.25) is 0 Å². The highest BCUT2D eigenvalue weighted by molar-refractivity contribution is 5.70. The molecule has 16 heavy (non-hydrogen) atoms. The van der Waals surface area contributed by atoms with E-state index in [1.165, 1.54) is 0 Å². The van der Waals surface area contributed by atoms with Crippen LogP contribution in [0.1, 0.15) is 39.0 Å². The largest absolute Gasteiger partial charge is 0.449 e. The van der Waals surface area contributed by atoms with Crippen molar-refractivity contribution < 1.29 is 9.53 Å². The normalized spacial score (nSPS) is 22.9. The summed E-state index contributed by atoms with van der Waals surface area (Å²) in [7, 11) is 0. The Bertz CT molecular complexity index is 249. The van der Waals surface area contributed by atoms with Crippen LogP contribution in [-0.4, -0.2) is 42.8 Å². The third-order valence-electron chi connectivity index (χ3n) is 3.85. The first-order chi connectivity index (χ1) is 7.78. The van der Waals surface area contributed by atoms with Gasteiger partial charge in [0.1, 0.15) is 0 Å². The first kappa shape index (κ1) is 11.7. The van der Waals surface area contributed by atoms with E-state index in [-0.39, 0.29) is 11.6 Å². The van der Waals surface area contributed by atoms with Gasteiger partial charge in [-0.3, -0.25) is 0 Å². The molecule has 4 nitrogen and oxygen atoms in total. The van der Waals surface area contributed by atoms with Gasteiger partial charge in [-0.25, -0.2) is 4.79 Å². The number of unbranched alkanes of at least 4 members (excludes halogenated alkanes) is 1. The van der Waals surface area contributed by atoms with Gasteiger partial charge in [-0.2, -0.15) is 0 Å². The molecule has 0 aromatic carbocycles. The van der Waals surface area contributed by atoms with Crippen molar-refractivity contribution >= 4 is 6.09 Å². The predicted octanol–water partition coefficient (Wildman–Crippen LogP) is 1.75. The van der Waals surface area contributed by atoms with Gasteiger partial charge in [0, 0.05) is 6.54 Å². The summed E-state index contributed by atoms with van der Waals surface area (Å²) in [4.78, 5) is 13.8. The minimum absolute atomic E-state index is 0.0957. The van der Waals surface area contributed by atoms with E-state index in [4.69, 9.17) is 4.74 Å². The number of carbonyl (C=O) groups is 1. The zero-order valence-corrected chi connectivity index (χ0v) is 10.1. The monoisotopic (exact) mass is 226 g/mol. The van der Waals surface area contributed by atoms with Crippen molar-refractivity contribution in [1.29, 1.82) is 0 Å². The van der Waals surface area contributed by atoms with Crippen LogP contribution in [0, 0.1) is 0 Å². The molecule has 1 spiro atoms. The first-order valence-electron chi connectivity index (χ1n) is 6.44. The van der Waals surface area contributed by atoms with Crippen LogP contribution in [-0.2, 0) is 4.74 Å². The van der Waals surface area contributed by atoms with E-state index in [9.17, 15) is 4.79 Å². The molecule has 2 rings (SSSR count). The van der Waals surface area contributed by atoms with Gasteiger partial charge in [-0.15, -0.1) is 0 Å². The number of hydrogen-bond acceptors (Lipinski definition) is 3. The summed E-state index contributed by atoms with van der Waals surface area (Å²) in [6.07, 6.45) is 5.25. The molecule has 2 fully saturated rings. The Labute approximate surface area is 97.3 Å². The van der Waals surface area contributed by atoms with Gasteiger partial charge in [-0.05, 0) is 38.8 Å². The van der Waals surface area contributed by atoms with Crippen molar-refractivity contribution in [3.63, 3.8) is 0 Å². The lowest BCUT2D eigenvalue weighted by Crippen LogP contribution is -2.65. The van der Waals surface area contributed by atoms with Crippen LogP contribution in [0.3, 0.4) is 0 Å². The second kappa shape index (κ2) is 5.04. The number of hydrogen-bond donors (Lipinski definition) is 1. The highest BCUT2D eigenvalue weighted by Crippen LogP contribution is 2.38. The molecule has 4 heteroatoms. The number of rotatable bonds is 3. The van der Waals surface area contributed by atoms with E-state index < -0.39 is 0 Å². The lowest BCUT2D eigenvalue weighted by molar-refractivity contribution is -0.0319. The van der Waals surface area contributed by atoms with Gasteiger partial charge < -0.3 is 15.0 Å². The molecule has 0 saturated carbocycles. The second-order valence-corrected chi connectivity index (χ2v) is 4.84. The maximum absolute atomic E-state index is 11.9. The number of ether oxygens (including phenoxy) is 1. The molecule has 0 unspecified atom stereocenters. The third-order valence-corrected chi connectivity index (χ3v) is 3.85. The Morgan fingerprint density at radius 1 is 1.38 bits per heavy atom. The Morgan fingerprint density at radius 3 is 2.69 bits per heavy atom. The van der Waals surface area contributed by atoms with E-state index >= 15 is 0 Å². The molecule has 1 amide bonds. The first-order valence-corrected chi connectivity index (χ1v) is 6.44. The Morgan fingerprint density at radius 2 is 2.12 bits per heavy atom. The molecule has 0 aromatic heterocycles. The summed E-state index contributed by atoms with van der Waals surface area (Å²) in [6.45, 7) is 5.61. The van der Waals surface area contributed by atoms with Crippen molar-refractivity contribution in [2.45, 2.75) is 44.6 Å². The van der Waals surface area contributed by atoms with Gasteiger partial charge in [0.15, 0.2) is 0 Å². The van der Waals surface area contributed by atoms with Crippen LogP contribution in [0.15, 0.2) is 0 Å². The molecule has 1 N–H and O–H groups in total. The van der Waals surface area contributed by atoms with E-state index in [2.05, 4.69) is 12.2 Å². The van der Waals surface area contributed by atoms with Crippen molar-refractivity contribution in [1.82, 2.24) is 10.2 Å². The number of carbonyl (C=O) groups excluding carboxylic acids is 1. The van der Waals surface area contributed by atoms with Crippen LogP contribution < -0.4 is 5.32 Å². The molecule has 92 valence electrons. The van der Waals surface area contributed by atoms with Gasteiger partial charge in [0.25, 0.3) is 0 Å². The molecule has 0 bridgehead atoms. The summed E-state index contributed by atoms with van der Waals surface area (Å²) in [5, 5.41) is 3.34. The Hall–Kier alpha value is -0.770. The quantitative estimate of drug-likeness (QED) is 0.745. The van der Waals surface area contributed by atoms with Crippen LogP contribution in [0.5, 0.6) is 0 Å². The van der Waals surface area contributed by atoms with Gasteiger partial charge in [0.05, 0.1) is 12.1 Å². The molecule has 2 saturated heterocycles. The summed E-state index contributed by atoms with van der Waals surface area (Å²) in [5.41, 5.74) is 0.133. The number of piperidine rings is 1. The maximum atomic E-state index is 11.9. The van der Waals surface area contributed by atoms with E-state index in [1.807, 2.05) is 4.90 Å². The van der Waals surface area contributed by atoms with Crippen molar-refractivity contribution in [3.8, 4) is 0 Å². The van der Waals surface area contributed by atoms with Gasteiger partial charge >= 0.3 is 6.09 Å². The number of nitrogens with zero attached hydrogens (tertiary/aromatic N) is 1. The van der Waals surface area contributed by atoms with Crippen LogP contribution >= 0.6 is 0 Å². The second-order valence-electron chi connectivity index (χ2n) is 4.84. The smallest absolute Gasteiger partial charge is 0.410 e. The van der Waals surface area contributed by atoms with E-state index in [1.54, 1.807) is 0 Å². The summed E-state index contributed by atoms with van der Waals surface area (Å²) >= 11 is 0. The SMILES string of the molecule is CCCCOC(=O)N1CCC12CCNCC2. The van der Waals surface area contributed by atoms with Gasteiger partial charge in [-0.1, -0.05) is 13.3 Å². The van der Waals surface area contributed by atoms with Crippen molar-refractivity contribution in [2.75, 3.05) is 26.2 Å². The molecule has 2 aliphatic heterocycles. The zero-order chi connectivity index (χ0) is 11.4. The summed E-state index contributed by atoms with van der Waals surface area (Å²) in [6, 6.07) is 0. The van der Waals surface area contributed by atoms with Gasteiger partial charge in [0.2, 0.25) is 0 Å². The Kier molecular flexibility index (Phi) is 3.69. The molecule has 0 aromatic rings. The molecule has 2 aliphatic rings. The minimum atomic E-state index is -0.0957. The fraction of sp³-hybridized carbons (Fsp3) is 0.917. The maximum Gasteiger partial charge on any atom is 0.410 e. The minimum Gasteiger partial charge on any atom is -0.449 e. The molecular weight excluding hydrogens is 204 g/mol. The lowest BCUT2D eigenvalue weighted by atomic mass is 9.77. The summed E-state index contributed by atoms with van der Waals surface area (Å²) < 4.78 is 5.28. The average molecular weight is 226 g/mol. The van der Waals surface area contributed by atoms with E-state index in [0.29, 0.717) is 6.61 Å². The Balaban J connectivity index is 1.82. The zero-order valence-electron chi connectivity index (χ0n) is 10.1. The van der Waals surface area contributed by atoms with Crippen molar-refractivity contribution in [2.24, 2.45) is 0 Å². The number of amides is 1. The third kappa shape index (κ3) is 2.17. The molecule has 0 radical (unpaired) electrons. The standard InChI is InChI=1S/C12H22N2O2/c1-2-3-10-16-11(15)14-9-6-12(14)4-7-13-8-5-12/h13H,2-10H2,1H3. The highest BCUT2D eigenvalue weighted by atomic mass is 16.6. The predicted molar refractivity (Wildman–Crippen MR) is 62.4 cm³/mol.